The predicted octanol–water partition coefficient (Wildman–Crippen LogP) is 2.79. The first-order valence-electron chi connectivity index (χ1n) is 9.49. The molecule has 4 nitrogen and oxygen atoms in total. The van der Waals surface area contributed by atoms with Gasteiger partial charge in [0.15, 0.2) is 9.84 Å². The summed E-state index contributed by atoms with van der Waals surface area (Å²) in [6.07, 6.45) is 10.7. The van der Waals surface area contributed by atoms with Crippen LogP contribution in [0.1, 0.15) is 51.4 Å². The number of nitrogens with zero attached hydrogens (tertiary/aromatic N) is 1. The number of rotatable bonds is 5. The zero-order chi connectivity index (χ0) is 16.9. The van der Waals surface area contributed by atoms with Gasteiger partial charge in [-0.05, 0) is 68.1 Å². The summed E-state index contributed by atoms with van der Waals surface area (Å²) in [5.74, 6) is 3.03. The van der Waals surface area contributed by atoms with Crippen LogP contribution in [0.25, 0.3) is 0 Å². The molecular weight excluding hydrogens is 322 g/mol. The van der Waals surface area contributed by atoms with Crippen molar-refractivity contribution < 1.29 is 13.2 Å². The number of hydrogen-bond donors (Lipinski definition) is 0. The third-order valence-corrected chi connectivity index (χ3v) is 8.74. The van der Waals surface area contributed by atoms with Crippen molar-refractivity contribution in [3.05, 3.63) is 12.7 Å². The molecule has 1 aliphatic heterocycles. The minimum atomic E-state index is -2.97. The van der Waals surface area contributed by atoms with Crippen LogP contribution in [0.3, 0.4) is 0 Å². The zero-order valence-electron chi connectivity index (χ0n) is 14.5. The lowest BCUT2D eigenvalue weighted by molar-refractivity contribution is -0.140. The number of carbonyl (C=O) groups excluding carboxylic acids is 1. The topological polar surface area (TPSA) is 54.5 Å². The summed E-state index contributed by atoms with van der Waals surface area (Å²) in [4.78, 5) is 14.9. The molecule has 5 heteroatoms. The first-order chi connectivity index (χ1) is 11.4. The Balaban J connectivity index is 1.48. The molecule has 5 rings (SSSR count). The molecule has 4 saturated carbocycles. The summed E-state index contributed by atoms with van der Waals surface area (Å²) in [6.45, 7) is 4.25. The Hall–Kier alpha value is -0.840. The van der Waals surface area contributed by atoms with E-state index in [0.717, 1.165) is 17.8 Å². The fraction of sp³-hybridized carbons (Fsp3) is 0.842. The fourth-order valence-electron chi connectivity index (χ4n) is 6.54. The largest absolute Gasteiger partial charge is 0.335 e. The summed E-state index contributed by atoms with van der Waals surface area (Å²) in [5, 5.41) is 0. The second-order valence-corrected chi connectivity index (χ2v) is 11.2. The number of sulfone groups is 1. The van der Waals surface area contributed by atoms with E-state index in [0.29, 0.717) is 19.4 Å². The lowest BCUT2D eigenvalue weighted by Gasteiger charge is -2.57. The maximum atomic E-state index is 13.1. The highest BCUT2D eigenvalue weighted by molar-refractivity contribution is 7.91. The SMILES string of the molecule is C=CCN(C(=O)CC12CC3CC(CC(C3)C1)C2)[C@@H]1CCS(=O)(=O)C1. The van der Waals surface area contributed by atoms with Gasteiger partial charge in [-0.3, -0.25) is 4.79 Å². The Kier molecular flexibility index (Phi) is 4.06. The van der Waals surface area contributed by atoms with Crippen LogP contribution in [-0.2, 0) is 14.6 Å². The molecule has 0 aromatic heterocycles. The van der Waals surface area contributed by atoms with E-state index >= 15 is 0 Å². The molecule has 0 spiro atoms. The van der Waals surface area contributed by atoms with Gasteiger partial charge < -0.3 is 4.90 Å². The molecule has 1 heterocycles. The van der Waals surface area contributed by atoms with Gasteiger partial charge in [0.05, 0.1) is 11.5 Å². The van der Waals surface area contributed by atoms with E-state index in [1.165, 1.54) is 38.5 Å². The quantitative estimate of drug-likeness (QED) is 0.716. The lowest BCUT2D eigenvalue weighted by Crippen LogP contribution is -2.50. The Morgan fingerprint density at radius 3 is 2.17 bits per heavy atom. The molecule has 4 bridgehead atoms. The Morgan fingerprint density at radius 1 is 1.12 bits per heavy atom. The third kappa shape index (κ3) is 3.04. The minimum Gasteiger partial charge on any atom is -0.335 e. The second kappa shape index (κ2) is 5.86. The first-order valence-corrected chi connectivity index (χ1v) is 11.3. The highest BCUT2D eigenvalue weighted by Gasteiger charge is 2.52. The predicted molar refractivity (Wildman–Crippen MR) is 94.2 cm³/mol. The van der Waals surface area contributed by atoms with E-state index in [-0.39, 0.29) is 28.9 Å². The van der Waals surface area contributed by atoms with E-state index in [4.69, 9.17) is 0 Å². The van der Waals surface area contributed by atoms with E-state index in [1.807, 2.05) is 4.90 Å². The molecule has 0 aromatic rings. The highest BCUT2D eigenvalue weighted by Crippen LogP contribution is 2.61. The van der Waals surface area contributed by atoms with Gasteiger partial charge in [-0.1, -0.05) is 6.08 Å². The van der Waals surface area contributed by atoms with Crippen molar-refractivity contribution in [3.63, 3.8) is 0 Å². The minimum absolute atomic E-state index is 0.132. The van der Waals surface area contributed by atoms with Gasteiger partial charge in [-0.2, -0.15) is 0 Å². The van der Waals surface area contributed by atoms with Crippen LogP contribution in [0.15, 0.2) is 12.7 Å². The molecule has 0 N–H and O–H groups in total. The molecule has 0 aromatic carbocycles. The van der Waals surface area contributed by atoms with Crippen LogP contribution in [-0.4, -0.2) is 43.3 Å². The molecule has 0 radical (unpaired) electrons. The Morgan fingerprint density at radius 2 is 1.71 bits per heavy atom. The number of amides is 1. The van der Waals surface area contributed by atoms with Crippen LogP contribution in [0.2, 0.25) is 0 Å². The molecule has 24 heavy (non-hydrogen) atoms. The molecule has 1 atom stereocenters. The standard InChI is InChI=1S/C19H29NO3S/c1-2-4-20(17-3-5-24(22,23)13-17)18(21)12-19-9-14-6-15(10-19)8-16(7-14)11-19/h2,14-17H,1,3-13H2/t14?,15?,16?,17-,19?/m1/s1. The molecule has 4 aliphatic carbocycles. The number of carbonyl (C=O) groups is 1. The van der Waals surface area contributed by atoms with Gasteiger partial charge in [-0.15, -0.1) is 6.58 Å². The maximum Gasteiger partial charge on any atom is 0.223 e. The van der Waals surface area contributed by atoms with Crippen LogP contribution in [0, 0.1) is 23.2 Å². The Bertz CT molecular complexity index is 604. The van der Waals surface area contributed by atoms with Crippen molar-refractivity contribution in [1.29, 1.82) is 0 Å². The second-order valence-electron chi connectivity index (χ2n) is 8.99. The summed E-state index contributed by atoms with van der Waals surface area (Å²) in [5.41, 5.74) is 0.211. The van der Waals surface area contributed by atoms with E-state index in [2.05, 4.69) is 6.58 Å². The molecule has 134 valence electrons. The number of hydrogen-bond acceptors (Lipinski definition) is 3. The average Bonchev–Trinajstić information content (AvgIpc) is 2.82. The summed E-state index contributed by atoms with van der Waals surface area (Å²) in [6, 6.07) is -0.144. The van der Waals surface area contributed by atoms with Crippen LogP contribution in [0.4, 0.5) is 0 Å². The molecule has 1 saturated heterocycles. The van der Waals surface area contributed by atoms with Gasteiger partial charge >= 0.3 is 0 Å². The summed E-state index contributed by atoms with van der Waals surface area (Å²) < 4.78 is 23.6. The van der Waals surface area contributed by atoms with Crippen LogP contribution in [0.5, 0.6) is 0 Å². The zero-order valence-corrected chi connectivity index (χ0v) is 15.3. The maximum absolute atomic E-state index is 13.1. The monoisotopic (exact) mass is 351 g/mol. The van der Waals surface area contributed by atoms with E-state index < -0.39 is 9.84 Å². The summed E-state index contributed by atoms with van der Waals surface area (Å²) >= 11 is 0. The molecular formula is C19H29NO3S. The third-order valence-electron chi connectivity index (χ3n) is 6.99. The van der Waals surface area contributed by atoms with Crippen LogP contribution < -0.4 is 0 Å². The van der Waals surface area contributed by atoms with Crippen molar-refractivity contribution in [3.8, 4) is 0 Å². The smallest absolute Gasteiger partial charge is 0.223 e. The van der Waals surface area contributed by atoms with Gasteiger partial charge in [0, 0.05) is 19.0 Å². The van der Waals surface area contributed by atoms with E-state index in [1.54, 1.807) is 6.08 Å². The van der Waals surface area contributed by atoms with Gasteiger partial charge in [0.1, 0.15) is 0 Å². The molecule has 1 amide bonds. The average molecular weight is 352 g/mol. The normalized spacial score (nSPS) is 42.2. The first kappa shape index (κ1) is 16.6. The van der Waals surface area contributed by atoms with Crippen molar-refractivity contribution in [2.24, 2.45) is 23.2 Å². The van der Waals surface area contributed by atoms with Crippen molar-refractivity contribution in [2.45, 2.75) is 57.4 Å². The van der Waals surface area contributed by atoms with E-state index in [9.17, 15) is 13.2 Å². The van der Waals surface area contributed by atoms with Gasteiger partial charge in [0.2, 0.25) is 5.91 Å². The van der Waals surface area contributed by atoms with Gasteiger partial charge in [-0.25, -0.2) is 8.42 Å². The molecule has 5 aliphatic rings. The lowest BCUT2D eigenvalue weighted by atomic mass is 9.49. The highest BCUT2D eigenvalue weighted by atomic mass is 32.2. The van der Waals surface area contributed by atoms with Gasteiger partial charge in [0.25, 0.3) is 0 Å². The van der Waals surface area contributed by atoms with Crippen molar-refractivity contribution >= 4 is 15.7 Å². The van der Waals surface area contributed by atoms with Crippen molar-refractivity contribution in [2.75, 3.05) is 18.1 Å². The Labute approximate surface area is 145 Å². The van der Waals surface area contributed by atoms with Crippen molar-refractivity contribution in [1.82, 2.24) is 4.90 Å². The fourth-order valence-corrected chi connectivity index (χ4v) is 8.27. The molecule has 0 unspecified atom stereocenters. The van der Waals surface area contributed by atoms with Crippen LogP contribution >= 0.6 is 0 Å². The summed E-state index contributed by atoms with van der Waals surface area (Å²) in [7, 11) is -2.97. The molecule has 5 fully saturated rings.